The average Bonchev–Trinajstić information content (AvgIpc) is 3.53. The van der Waals surface area contributed by atoms with Crippen molar-refractivity contribution < 1.29 is 28.8 Å². The third-order valence-electron chi connectivity index (χ3n) is 6.62. The lowest BCUT2D eigenvalue weighted by Gasteiger charge is -2.45. The molecule has 1 aliphatic carbocycles. The van der Waals surface area contributed by atoms with Gasteiger partial charge >= 0.3 is 11.9 Å². The molecule has 0 aromatic heterocycles. The van der Waals surface area contributed by atoms with Crippen molar-refractivity contribution in [2.24, 2.45) is 5.92 Å². The van der Waals surface area contributed by atoms with E-state index in [0.717, 1.165) is 22.2 Å². The molecular weight excluding hydrogens is 504 g/mol. The summed E-state index contributed by atoms with van der Waals surface area (Å²) < 4.78 is 11.9. The van der Waals surface area contributed by atoms with Crippen LogP contribution in [0.15, 0.2) is 45.8 Å². The number of carbonyl (C=O) groups is 3. The Kier molecular flexibility index (Phi) is 8.09. The number of rotatable bonds is 8. The Hall–Kier alpha value is -2.79. The monoisotopic (exact) mass is 532 g/mol. The Morgan fingerprint density at radius 1 is 1.17 bits per heavy atom. The molecule has 1 aromatic rings. The van der Waals surface area contributed by atoms with Gasteiger partial charge in [-0.1, -0.05) is 25.5 Å². The van der Waals surface area contributed by atoms with Gasteiger partial charge in [0.2, 0.25) is 0 Å². The molecule has 0 radical (unpaired) electrons. The fourth-order valence-electron chi connectivity index (χ4n) is 4.96. The van der Waals surface area contributed by atoms with Gasteiger partial charge in [-0.3, -0.25) is 14.9 Å². The maximum absolute atomic E-state index is 13.7. The van der Waals surface area contributed by atoms with Gasteiger partial charge in [0, 0.05) is 52.0 Å². The average molecular weight is 533 g/mol. The van der Waals surface area contributed by atoms with Crippen LogP contribution in [0.1, 0.15) is 44.6 Å². The Bertz CT molecular complexity index is 1120. The number of hydrogen-bond acceptors (Lipinski definition) is 10. The first-order chi connectivity index (χ1) is 17.3. The lowest BCUT2D eigenvalue weighted by atomic mass is 9.61. The highest BCUT2D eigenvalue weighted by Crippen LogP contribution is 2.55. The van der Waals surface area contributed by atoms with Gasteiger partial charge in [0.05, 0.1) is 29.6 Å². The number of esters is 2. The number of nitrogens with one attached hydrogen (secondary N) is 1. The maximum Gasteiger partial charge on any atom is 0.336 e. The highest BCUT2D eigenvalue weighted by Gasteiger charge is 2.64. The molecule has 3 aliphatic rings. The molecule has 4 rings (SSSR count). The van der Waals surface area contributed by atoms with E-state index in [0.29, 0.717) is 17.6 Å². The zero-order valence-electron chi connectivity index (χ0n) is 20.1. The van der Waals surface area contributed by atoms with Gasteiger partial charge in [-0.2, -0.15) is 0 Å². The molecule has 0 amide bonds. The fraction of sp³-hybridized carbons (Fsp3) is 0.480. The van der Waals surface area contributed by atoms with E-state index in [9.17, 15) is 24.5 Å². The highest BCUT2D eigenvalue weighted by molar-refractivity contribution is 8.25. The summed E-state index contributed by atoms with van der Waals surface area (Å²) in [5.41, 5.74) is -0.330. The zero-order chi connectivity index (χ0) is 25.9. The molecule has 0 spiro atoms. The van der Waals surface area contributed by atoms with Crippen molar-refractivity contribution >= 4 is 46.9 Å². The first kappa shape index (κ1) is 26.3. The number of hydrogen-bond donors (Lipinski definition) is 1. The normalized spacial score (nSPS) is 25.2. The summed E-state index contributed by atoms with van der Waals surface area (Å²) in [5, 5.41) is 14.4. The lowest BCUT2D eigenvalue weighted by Crippen LogP contribution is -2.61. The molecule has 2 heterocycles. The number of benzene rings is 1. The number of ketones is 1. The van der Waals surface area contributed by atoms with Crippen LogP contribution in [0.2, 0.25) is 0 Å². The molecule has 3 atom stereocenters. The van der Waals surface area contributed by atoms with Gasteiger partial charge in [0.1, 0.15) is 0 Å². The van der Waals surface area contributed by atoms with E-state index in [1.807, 2.05) is 6.92 Å². The molecule has 1 N–H and O–H groups in total. The summed E-state index contributed by atoms with van der Waals surface area (Å²) >= 11 is 3.10. The topological polar surface area (TPSA) is 125 Å². The highest BCUT2D eigenvalue weighted by atomic mass is 32.2. The number of carbonyl (C=O) groups excluding carboxylic acids is 3. The summed E-state index contributed by atoms with van der Waals surface area (Å²) in [5.74, 6) is -1.27. The molecular formula is C25H28N2O7S2. The first-order valence-electron chi connectivity index (χ1n) is 11.9. The minimum Gasteiger partial charge on any atom is -0.464 e. The predicted octanol–water partition coefficient (Wildman–Crippen LogP) is 4.09. The molecule has 0 bridgehead atoms. The smallest absolute Gasteiger partial charge is 0.336 e. The van der Waals surface area contributed by atoms with Gasteiger partial charge in [0.15, 0.2) is 11.3 Å². The summed E-state index contributed by atoms with van der Waals surface area (Å²) in [6.07, 6.45) is 3.03. The standard InChI is InChI=1S/C25H28N2O7S2/c1-3-5-10-34-22(29)17-14-26-25(24(30)33-4-2)18(15-6-8-16(9-7-15)27(31)32)13-19(28)20(21(17)25)23-35-11-12-36-23/h6-9,14,18,21,26H,3-5,10-13H2,1-2H3/t18-,21-,25+/m1/s1. The third kappa shape index (κ3) is 4.66. The number of unbranched alkanes of at least 4 members (excludes halogenated alkanes) is 1. The predicted molar refractivity (Wildman–Crippen MR) is 137 cm³/mol. The number of nitro groups is 1. The molecule has 1 saturated heterocycles. The molecule has 2 fully saturated rings. The van der Waals surface area contributed by atoms with Crippen LogP contribution < -0.4 is 5.32 Å². The Balaban J connectivity index is 1.85. The Morgan fingerprint density at radius 3 is 2.47 bits per heavy atom. The van der Waals surface area contributed by atoms with Crippen LogP contribution in [0.5, 0.6) is 0 Å². The number of nitrogens with zero attached hydrogens (tertiary/aromatic N) is 1. The molecule has 1 saturated carbocycles. The minimum atomic E-state index is -1.47. The van der Waals surface area contributed by atoms with Crippen LogP contribution >= 0.6 is 23.5 Å². The minimum absolute atomic E-state index is 0.00786. The van der Waals surface area contributed by atoms with Crippen molar-refractivity contribution in [3.8, 4) is 0 Å². The number of nitro benzene ring substituents is 1. The van der Waals surface area contributed by atoms with E-state index >= 15 is 0 Å². The van der Waals surface area contributed by atoms with Crippen LogP contribution in [-0.4, -0.2) is 52.9 Å². The van der Waals surface area contributed by atoms with Crippen molar-refractivity contribution in [2.45, 2.75) is 44.6 Å². The Morgan fingerprint density at radius 2 is 1.86 bits per heavy atom. The van der Waals surface area contributed by atoms with Gasteiger partial charge in [0.25, 0.3) is 5.69 Å². The second-order valence-corrected chi connectivity index (χ2v) is 11.2. The van der Waals surface area contributed by atoms with Gasteiger partial charge < -0.3 is 14.8 Å². The van der Waals surface area contributed by atoms with Crippen molar-refractivity contribution in [3.05, 3.63) is 61.5 Å². The van der Waals surface area contributed by atoms with Crippen LogP contribution in [0.25, 0.3) is 0 Å². The van der Waals surface area contributed by atoms with E-state index in [1.54, 1.807) is 42.6 Å². The molecule has 0 unspecified atom stereocenters. The molecule has 36 heavy (non-hydrogen) atoms. The SMILES string of the molecule is CCCCOC(=O)C1=CN[C@]2(C(=O)OCC)[C@H]1C(=C1SCCS1)C(=O)C[C@@H]2c1ccc([N+](=O)[O-])cc1. The van der Waals surface area contributed by atoms with Crippen molar-refractivity contribution in [1.29, 1.82) is 0 Å². The molecule has 11 heteroatoms. The summed E-state index contributed by atoms with van der Waals surface area (Å²) in [7, 11) is 0. The van der Waals surface area contributed by atoms with Crippen LogP contribution in [0.3, 0.4) is 0 Å². The Labute approximate surface area is 217 Å². The van der Waals surface area contributed by atoms with E-state index in [4.69, 9.17) is 9.47 Å². The summed E-state index contributed by atoms with van der Waals surface area (Å²) in [4.78, 5) is 51.3. The summed E-state index contributed by atoms with van der Waals surface area (Å²) in [6, 6.07) is 5.83. The molecule has 9 nitrogen and oxygen atoms in total. The third-order valence-corrected chi connectivity index (χ3v) is 9.36. The van der Waals surface area contributed by atoms with Gasteiger partial charge in [-0.15, -0.1) is 23.5 Å². The molecule has 192 valence electrons. The number of non-ortho nitro benzene ring substituents is 1. The quantitative estimate of drug-likeness (QED) is 0.172. The molecule has 1 aromatic carbocycles. The van der Waals surface area contributed by atoms with Gasteiger partial charge in [-0.25, -0.2) is 9.59 Å². The second kappa shape index (κ2) is 11.1. The van der Waals surface area contributed by atoms with Crippen LogP contribution in [0, 0.1) is 16.0 Å². The second-order valence-electron chi connectivity index (χ2n) is 8.68. The number of Topliss-reactive ketones (excluding diaryl/α,β-unsaturated/α-hetero) is 1. The van der Waals surface area contributed by atoms with E-state index < -0.39 is 34.2 Å². The van der Waals surface area contributed by atoms with Crippen LogP contribution in [0.4, 0.5) is 5.69 Å². The summed E-state index contributed by atoms with van der Waals surface area (Å²) in [6.45, 7) is 4.03. The van der Waals surface area contributed by atoms with E-state index in [2.05, 4.69) is 5.32 Å². The lowest BCUT2D eigenvalue weighted by molar-refractivity contribution is -0.384. The maximum atomic E-state index is 13.7. The number of ether oxygens (including phenoxy) is 2. The van der Waals surface area contributed by atoms with Crippen molar-refractivity contribution in [3.63, 3.8) is 0 Å². The zero-order valence-corrected chi connectivity index (χ0v) is 21.7. The number of thioether (sulfide) groups is 2. The van der Waals surface area contributed by atoms with E-state index in [-0.39, 0.29) is 36.7 Å². The molecule has 2 aliphatic heterocycles. The van der Waals surface area contributed by atoms with Gasteiger partial charge in [-0.05, 0) is 18.9 Å². The van der Waals surface area contributed by atoms with Crippen molar-refractivity contribution in [2.75, 3.05) is 24.7 Å². The van der Waals surface area contributed by atoms with Crippen molar-refractivity contribution in [1.82, 2.24) is 5.32 Å². The van der Waals surface area contributed by atoms with Crippen LogP contribution in [-0.2, 0) is 23.9 Å². The van der Waals surface area contributed by atoms with E-state index in [1.165, 1.54) is 18.3 Å². The first-order valence-corrected chi connectivity index (χ1v) is 13.9. The largest absolute Gasteiger partial charge is 0.464 e. The number of fused-ring (bicyclic) bond motifs is 1. The fourth-order valence-corrected chi connectivity index (χ4v) is 7.60.